The maximum Gasteiger partial charge on any atom is 0.253 e. The zero-order valence-corrected chi connectivity index (χ0v) is 12.9. The van der Waals surface area contributed by atoms with Crippen molar-refractivity contribution >= 4 is 5.91 Å². The van der Waals surface area contributed by atoms with Gasteiger partial charge in [-0.05, 0) is 49.8 Å². The van der Waals surface area contributed by atoms with E-state index in [1.165, 1.54) is 25.7 Å². The van der Waals surface area contributed by atoms with Gasteiger partial charge < -0.3 is 10.2 Å². The van der Waals surface area contributed by atoms with Crippen molar-refractivity contribution in [3.05, 3.63) is 35.9 Å². The number of hydrogen-bond acceptors (Lipinski definition) is 2. The molecule has 0 radical (unpaired) electrons. The van der Waals surface area contributed by atoms with Gasteiger partial charge in [-0.2, -0.15) is 0 Å². The molecule has 2 aliphatic rings. The van der Waals surface area contributed by atoms with Crippen molar-refractivity contribution in [2.45, 2.75) is 38.6 Å². The van der Waals surface area contributed by atoms with Gasteiger partial charge in [-0.25, -0.2) is 0 Å². The molecule has 1 aromatic rings. The Morgan fingerprint density at radius 3 is 2.67 bits per heavy atom. The van der Waals surface area contributed by atoms with Gasteiger partial charge in [-0.15, -0.1) is 0 Å². The van der Waals surface area contributed by atoms with Gasteiger partial charge in [0.2, 0.25) is 0 Å². The molecule has 1 aliphatic carbocycles. The lowest BCUT2D eigenvalue weighted by Gasteiger charge is -2.38. The maximum absolute atomic E-state index is 12.6. The first kappa shape index (κ1) is 14.6. The number of carbonyl (C=O) groups excluding carboxylic acids is 1. The largest absolute Gasteiger partial charge is 0.337 e. The number of nitrogens with one attached hydrogen (secondary N) is 1. The molecule has 0 bridgehead atoms. The highest BCUT2D eigenvalue weighted by Gasteiger charge is 2.29. The summed E-state index contributed by atoms with van der Waals surface area (Å²) in [6.07, 6.45) is 5.33. The van der Waals surface area contributed by atoms with Crippen LogP contribution < -0.4 is 5.32 Å². The number of likely N-dealkylation sites (tertiary alicyclic amines) is 1. The molecule has 3 nitrogen and oxygen atoms in total. The third-order valence-electron chi connectivity index (χ3n) is 4.89. The lowest BCUT2D eigenvalue weighted by atomic mass is 9.85. The van der Waals surface area contributed by atoms with Crippen LogP contribution in [0.25, 0.3) is 0 Å². The van der Waals surface area contributed by atoms with E-state index in [9.17, 15) is 4.79 Å². The zero-order chi connectivity index (χ0) is 14.7. The van der Waals surface area contributed by atoms with Crippen molar-refractivity contribution in [2.24, 2.45) is 11.8 Å². The highest BCUT2D eigenvalue weighted by Crippen LogP contribution is 2.26. The van der Waals surface area contributed by atoms with Crippen LogP contribution >= 0.6 is 0 Å². The second-order valence-corrected chi connectivity index (χ2v) is 6.82. The van der Waals surface area contributed by atoms with E-state index in [0.29, 0.717) is 12.0 Å². The van der Waals surface area contributed by atoms with Crippen molar-refractivity contribution in [2.75, 3.05) is 19.6 Å². The van der Waals surface area contributed by atoms with Gasteiger partial charge in [0.25, 0.3) is 5.91 Å². The van der Waals surface area contributed by atoms with Crippen molar-refractivity contribution in [1.82, 2.24) is 10.2 Å². The Morgan fingerprint density at radius 2 is 2.00 bits per heavy atom. The molecular formula is C18H26N2O. The number of nitrogens with zero attached hydrogens (tertiary/aromatic N) is 1. The van der Waals surface area contributed by atoms with Crippen molar-refractivity contribution in [1.29, 1.82) is 0 Å². The smallest absolute Gasteiger partial charge is 0.253 e. The molecule has 21 heavy (non-hydrogen) atoms. The SMILES string of the molecule is CC1CC(NCC2CCC2)CN(C(=O)c2ccccc2)C1. The third kappa shape index (κ3) is 3.65. The molecule has 1 amide bonds. The summed E-state index contributed by atoms with van der Waals surface area (Å²) in [6.45, 7) is 5.12. The van der Waals surface area contributed by atoms with E-state index < -0.39 is 0 Å². The maximum atomic E-state index is 12.6. The van der Waals surface area contributed by atoms with Crippen LogP contribution in [-0.4, -0.2) is 36.5 Å². The van der Waals surface area contributed by atoms with Crippen molar-refractivity contribution in [3.63, 3.8) is 0 Å². The quantitative estimate of drug-likeness (QED) is 0.923. The number of hydrogen-bond donors (Lipinski definition) is 1. The van der Waals surface area contributed by atoms with Gasteiger partial charge in [0.15, 0.2) is 0 Å². The Balaban J connectivity index is 1.58. The fourth-order valence-electron chi connectivity index (χ4n) is 3.46. The standard InChI is InChI=1S/C18H26N2O/c1-14-10-17(19-11-15-6-5-7-15)13-20(12-14)18(21)16-8-3-2-4-9-16/h2-4,8-9,14-15,17,19H,5-7,10-13H2,1H3. The summed E-state index contributed by atoms with van der Waals surface area (Å²) in [7, 11) is 0. The first-order chi connectivity index (χ1) is 10.2. The first-order valence-corrected chi connectivity index (χ1v) is 8.30. The van der Waals surface area contributed by atoms with Gasteiger partial charge in [-0.3, -0.25) is 4.79 Å². The predicted octanol–water partition coefficient (Wildman–Crippen LogP) is 2.93. The Bertz CT molecular complexity index is 469. The van der Waals surface area contributed by atoms with Crippen molar-refractivity contribution in [3.8, 4) is 0 Å². The van der Waals surface area contributed by atoms with Crippen LogP contribution in [0.15, 0.2) is 30.3 Å². The van der Waals surface area contributed by atoms with Crippen LogP contribution in [0.3, 0.4) is 0 Å². The molecule has 1 saturated carbocycles. The molecule has 3 heteroatoms. The van der Waals surface area contributed by atoms with Gasteiger partial charge in [-0.1, -0.05) is 31.5 Å². The molecule has 2 atom stereocenters. The topological polar surface area (TPSA) is 32.3 Å². The second kappa shape index (κ2) is 6.61. The number of piperidine rings is 1. The molecule has 0 spiro atoms. The molecule has 2 fully saturated rings. The summed E-state index contributed by atoms with van der Waals surface area (Å²) in [4.78, 5) is 14.6. The molecule has 0 aromatic heterocycles. The lowest BCUT2D eigenvalue weighted by molar-refractivity contribution is 0.0635. The van der Waals surface area contributed by atoms with E-state index in [2.05, 4.69) is 12.2 Å². The summed E-state index contributed by atoms with van der Waals surface area (Å²) in [5, 5.41) is 3.70. The molecule has 1 N–H and O–H groups in total. The molecular weight excluding hydrogens is 260 g/mol. The van der Waals surface area contributed by atoms with Crippen LogP contribution in [0, 0.1) is 11.8 Å². The fraction of sp³-hybridized carbons (Fsp3) is 0.611. The summed E-state index contributed by atoms with van der Waals surface area (Å²) < 4.78 is 0. The van der Waals surface area contributed by atoms with E-state index in [1.807, 2.05) is 35.2 Å². The Labute approximate surface area is 127 Å². The monoisotopic (exact) mass is 286 g/mol. The second-order valence-electron chi connectivity index (χ2n) is 6.82. The Morgan fingerprint density at radius 1 is 1.24 bits per heavy atom. The van der Waals surface area contributed by atoms with E-state index in [-0.39, 0.29) is 5.91 Å². The zero-order valence-electron chi connectivity index (χ0n) is 12.9. The van der Waals surface area contributed by atoms with E-state index in [4.69, 9.17) is 0 Å². The van der Waals surface area contributed by atoms with E-state index in [1.54, 1.807) is 0 Å². The molecule has 3 rings (SSSR count). The van der Waals surface area contributed by atoms with E-state index >= 15 is 0 Å². The summed E-state index contributed by atoms with van der Waals surface area (Å²) in [5.74, 6) is 1.63. The number of amides is 1. The first-order valence-electron chi connectivity index (χ1n) is 8.30. The van der Waals surface area contributed by atoms with Crippen LogP contribution in [0.4, 0.5) is 0 Å². The van der Waals surface area contributed by atoms with Crippen LogP contribution in [0.1, 0.15) is 43.0 Å². The van der Waals surface area contributed by atoms with Crippen LogP contribution in [-0.2, 0) is 0 Å². The summed E-state index contributed by atoms with van der Waals surface area (Å²) in [6, 6.07) is 10.1. The van der Waals surface area contributed by atoms with E-state index in [0.717, 1.165) is 31.1 Å². The minimum absolute atomic E-state index is 0.178. The highest BCUT2D eigenvalue weighted by atomic mass is 16.2. The normalized spacial score (nSPS) is 26.4. The van der Waals surface area contributed by atoms with Crippen molar-refractivity contribution < 1.29 is 4.79 Å². The molecule has 1 saturated heterocycles. The molecule has 1 aromatic carbocycles. The third-order valence-corrected chi connectivity index (χ3v) is 4.89. The average Bonchev–Trinajstić information content (AvgIpc) is 2.45. The number of benzene rings is 1. The highest BCUT2D eigenvalue weighted by molar-refractivity contribution is 5.94. The predicted molar refractivity (Wildman–Crippen MR) is 85.3 cm³/mol. The van der Waals surface area contributed by atoms with Gasteiger partial charge in [0.1, 0.15) is 0 Å². The molecule has 2 unspecified atom stereocenters. The number of rotatable bonds is 4. The fourth-order valence-corrected chi connectivity index (χ4v) is 3.46. The lowest BCUT2D eigenvalue weighted by Crippen LogP contribution is -2.51. The van der Waals surface area contributed by atoms with Gasteiger partial charge >= 0.3 is 0 Å². The summed E-state index contributed by atoms with van der Waals surface area (Å²) in [5.41, 5.74) is 0.810. The Hall–Kier alpha value is -1.35. The Kier molecular flexibility index (Phi) is 4.59. The van der Waals surface area contributed by atoms with Gasteiger partial charge in [0.05, 0.1) is 0 Å². The summed E-state index contributed by atoms with van der Waals surface area (Å²) >= 11 is 0. The number of carbonyl (C=O) groups is 1. The molecule has 114 valence electrons. The molecule has 1 aliphatic heterocycles. The molecule has 1 heterocycles. The minimum Gasteiger partial charge on any atom is -0.337 e. The van der Waals surface area contributed by atoms with Gasteiger partial charge in [0, 0.05) is 24.7 Å². The van der Waals surface area contributed by atoms with Crippen LogP contribution in [0.2, 0.25) is 0 Å². The minimum atomic E-state index is 0.178. The average molecular weight is 286 g/mol. The van der Waals surface area contributed by atoms with Crippen LogP contribution in [0.5, 0.6) is 0 Å².